The summed E-state index contributed by atoms with van der Waals surface area (Å²) in [6.45, 7) is 7.70. The first kappa shape index (κ1) is 14.6. The van der Waals surface area contributed by atoms with Crippen molar-refractivity contribution in [3.8, 4) is 0 Å². The molecule has 0 aliphatic heterocycles. The summed E-state index contributed by atoms with van der Waals surface area (Å²) in [7, 11) is 1.61. The SMILES string of the molecule is CNC(=O)C(C)=Cc1[nH]c2c(c1C)C(=O)C(C)(C)CC2. The molecule has 108 valence electrons. The number of hydrogen-bond acceptors (Lipinski definition) is 2. The number of fused-ring (bicyclic) bond motifs is 1. The predicted octanol–water partition coefficient (Wildman–Crippen LogP) is 2.63. The maximum Gasteiger partial charge on any atom is 0.246 e. The first-order valence-electron chi connectivity index (χ1n) is 6.94. The lowest BCUT2D eigenvalue weighted by Gasteiger charge is -2.28. The molecule has 2 N–H and O–H groups in total. The van der Waals surface area contributed by atoms with Gasteiger partial charge in [-0.15, -0.1) is 0 Å². The molecule has 1 aliphatic rings. The van der Waals surface area contributed by atoms with Crippen LogP contribution in [0.15, 0.2) is 5.57 Å². The minimum atomic E-state index is -0.295. The third-order valence-electron chi connectivity index (χ3n) is 4.15. The van der Waals surface area contributed by atoms with Crippen LogP contribution in [0.3, 0.4) is 0 Å². The number of likely N-dealkylation sites (N-methyl/N-ethyl adjacent to an activating group) is 1. The van der Waals surface area contributed by atoms with Crippen molar-refractivity contribution in [1.29, 1.82) is 0 Å². The fourth-order valence-electron chi connectivity index (χ4n) is 2.69. The molecule has 0 radical (unpaired) electrons. The van der Waals surface area contributed by atoms with Crippen molar-refractivity contribution in [3.05, 3.63) is 28.1 Å². The zero-order valence-corrected chi connectivity index (χ0v) is 12.8. The van der Waals surface area contributed by atoms with Gasteiger partial charge < -0.3 is 10.3 Å². The quantitative estimate of drug-likeness (QED) is 0.814. The van der Waals surface area contributed by atoms with Gasteiger partial charge >= 0.3 is 0 Å². The van der Waals surface area contributed by atoms with Crippen molar-refractivity contribution in [1.82, 2.24) is 10.3 Å². The van der Waals surface area contributed by atoms with Crippen molar-refractivity contribution >= 4 is 17.8 Å². The molecule has 1 aliphatic carbocycles. The van der Waals surface area contributed by atoms with Gasteiger partial charge in [0.2, 0.25) is 5.91 Å². The molecule has 1 aromatic heterocycles. The second-order valence-electron chi connectivity index (χ2n) is 6.14. The number of hydrogen-bond donors (Lipinski definition) is 2. The molecule has 0 aromatic carbocycles. The van der Waals surface area contributed by atoms with Crippen molar-refractivity contribution < 1.29 is 9.59 Å². The Balaban J connectivity index is 2.47. The summed E-state index contributed by atoms with van der Waals surface area (Å²) in [5.74, 6) is 0.0911. The summed E-state index contributed by atoms with van der Waals surface area (Å²) in [4.78, 5) is 27.4. The van der Waals surface area contributed by atoms with Crippen LogP contribution in [0.2, 0.25) is 0 Å². The van der Waals surface area contributed by atoms with E-state index in [4.69, 9.17) is 0 Å². The monoisotopic (exact) mass is 274 g/mol. The van der Waals surface area contributed by atoms with Crippen LogP contribution in [-0.2, 0) is 11.2 Å². The maximum absolute atomic E-state index is 12.5. The summed E-state index contributed by atoms with van der Waals surface area (Å²) in [6, 6.07) is 0. The van der Waals surface area contributed by atoms with Crippen molar-refractivity contribution in [2.24, 2.45) is 5.41 Å². The van der Waals surface area contributed by atoms with E-state index in [0.29, 0.717) is 5.57 Å². The Labute approximate surface area is 119 Å². The van der Waals surface area contributed by atoms with Crippen LogP contribution in [0.5, 0.6) is 0 Å². The molecule has 0 saturated heterocycles. The lowest BCUT2D eigenvalue weighted by molar-refractivity contribution is -0.116. The van der Waals surface area contributed by atoms with Gasteiger partial charge in [-0.05, 0) is 38.3 Å². The second-order valence-corrected chi connectivity index (χ2v) is 6.14. The van der Waals surface area contributed by atoms with Gasteiger partial charge in [-0.1, -0.05) is 13.8 Å². The Hall–Kier alpha value is -1.84. The van der Waals surface area contributed by atoms with E-state index in [9.17, 15) is 9.59 Å². The number of amides is 1. The van der Waals surface area contributed by atoms with Gasteiger partial charge in [-0.25, -0.2) is 0 Å². The van der Waals surface area contributed by atoms with Crippen LogP contribution in [0.1, 0.15) is 54.5 Å². The van der Waals surface area contributed by atoms with Crippen molar-refractivity contribution in [3.63, 3.8) is 0 Å². The van der Waals surface area contributed by atoms with E-state index in [1.54, 1.807) is 14.0 Å². The third-order valence-corrected chi connectivity index (χ3v) is 4.15. The van der Waals surface area contributed by atoms with E-state index in [-0.39, 0.29) is 17.1 Å². The molecule has 1 heterocycles. The molecular weight excluding hydrogens is 252 g/mol. The first-order chi connectivity index (χ1) is 9.27. The van der Waals surface area contributed by atoms with Crippen LogP contribution in [0.25, 0.3) is 6.08 Å². The highest BCUT2D eigenvalue weighted by Crippen LogP contribution is 2.37. The molecule has 0 unspecified atom stereocenters. The van der Waals surface area contributed by atoms with E-state index >= 15 is 0 Å². The van der Waals surface area contributed by atoms with Crippen molar-refractivity contribution in [2.45, 2.75) is 40.5 Å². The maximum atomic E-state index is 12.5. The minimum absolute atomic E-state index is 0.108. The van der Waals surface area contributed by atoms with Gasteiger partial charge in [0.05, 0.1) is 0 Å². The molecule has 2 rings (SSSR count). The number of ketones is 1. The zero-order valence-electron chi connectivity index (χ0n) is 12.8. The minimum Gasteiger partial charge on any atom is -0.358 e. The standard InChI is InChI=1S/C16H22N2O2/c1-9(15(20)17-5)8-12-10(2)13-11(18-12)6-7-16(3,4)14(13)19/h8,18H,6-7H2,1-5H3,(H,17,20). The topological polar surface area (TPSA) is 62.0 Å². The Morgan fingerprint density at radius 3 is 2.65 bits per heavy atom. The van der Waals surface area contributed by atoms with Gasteiger partial charge in [0, 0.05) is 35.0 Å². The Morgan fingerprint density at radius 2 is 2.05 bits per heavy atom. The summed E-state index contributed by atoms with van der Waals surface area (Å²) in [5.41, 5.74) is 3.96. The number of aromatic nitrogens is 1. The predicted molar refractivity (Wildman–Crippen MR) is 79.7 cm³/mol. The summed E-state index contributed by atoms with van der Waals surface area (Å²) in [5, 5.41) is 2.60. The van der Waals surface area contributed by atoms with Gasteiger partial charge in [0.1, 0.15) is 0 Å². The number of Topliss-reactive ketones (excluding diaryl/α,β-unsaturated/α-hetero) is 1. The second kappa shape index (κ2) is 4.93. The van der Waals surface area contributed by atoms with Crippen LogP contribution in [0, 0.1) is 12.3 Å². The van der Waals surface area contributed by atoms with E-state index < -0.39 is 0 Å². The lowest BCUT2D eigenvalue weighted by Crippen LogP contribution is -2.30. The first-order valence-corrected chi connectivity index (χ1v) is 6.94. The summed E-state index contributed by atoms with van der Waals surface area (Å²) < 4.78 is 0. The Morgan fingerprint density at radius 1 is 1.40 bits per heavy atom. The van der Waals surface area contributed by atoms with Crippen molar-refractivity contribution in [2.75, 3.05) is 7.05 Å². The molecule has 1 aromatic rings. The van der Waals surface area contributed by atoms with E-state index in [2.05, 4.69) is 10.3 Å². The smallest absolute Gasteiger partial charge is 0.246 e. The molecule has 0 saturated carbocycles. The lowest BCUT2D eigenvalue weighted by atomic mass is 9.74. The number of aromatic amines is 1. The molecule has 1 amide bonds. The van der Waals surface area contributed by atoms with Gasteiger partial charge in [0.15, 0.2) is 5.78 Å². The molecule has 0 bridgehead atoms. The van der Waals surface area contributed by atoms with Crippen LogP contribution in [-0.4, -0.2) is 23.7 Å². The Bertz CT molecular complexity index is 606. The van der Waals surface area contributed by atoms with Gasteiger partial charge in [-0.3, -0.25) is 9.59 Å². The molecule has 4 nitrogen and oxygen atoms in total. The van der Waals surface area contributed by atoms with Gasteiger partial charge in [-0.2, -0.15) is 0 Å². The third kappa shape index (κ3) is 2.30. The van der Waals surface area contributed by atoms with Gasteiger partial charge in [0.25, 0.3) is 0 Å². The molecule has 0 atom stereocenters. The molecule has 0 fully saturated rings. The fraction of sp³-hybridized carbons (Fsp3) is 0.500. The number of nitrogens with one attached hydrogen (secondary N) is 2. The molecular formula is C16H22N2O2. The average Bonchev–Trinajstić information content (AvgIpc) is 2.70. The number of H-pyrrole nitrogens is 1. The fourth-order valence-corrected chi connectivity index (χ4v) is 2.69. The van der Waals surface area contributed by atoms with Crippen LogP contribution < -0.4 is 5.32 Å². The molecule has 20 heavy (non-hydrogen) atoms. The normalized spacial score (nSPS) is 17.9. The van der Waals surface area contributed by atoms with Crippen LogP contribution in [0.4, 0.5) is 0 Å². The molecule has 4 heteroatoms. The summed E-state index contributed by atoms with van der Waals surface area (Å²) in [6.07, 6.45) is 3.55. The van der Waals surface area contributed by atoms with Crippen LogP contribution >= 0.6 is 0 Å². The zero-order chi connectivity index (χ0) is 15.1. The Kier molecular flexibility index (Phi) is 3.59. The number of carbonyl (C=O) groups is 2. The highest BCUT2D eigenvalue weighted by molar-refractivity contribution is 6.04. The van der Waals surface area contributed by atoms with E-state index in [1.165, 1.54) is 0 Å². The van der Waals surface area contributed by atoms with E-state index in [1.807, 2.05) is 26.8 Å². The number of carbonyl (C=O) groups excluding carboxylic acids is 2. The highest BCUT2D eigenvalue weighted by Gasteiger charge is 2.36. The number of rotatable bonds is 2. The highest BCUT2D eigenvalue weighted by atomic mass is 16.1. The average molecular weight is 274 g/mol. The summed E-state index contributed by atoms with van der Waals surface area (Å²) >= 11 is 0. The number of aryl methyl sites for hydroxylation is 1. The van der Waals surface area contributed by atoms with E-state index in [0.717, 1.165) is 35.4 Å². The largest absolute Gasteiger partial charge is 0.358 e. The molecule has 0 spiro atoms.